The lowest BCUT2D eigenvalue weighted by Gasteiger charge is -2.23. The smallest absolute Gasteiger partial charge is 0.186 e. The zero-order chi connectivity index (χ0) is 9.84. The van der Waals surface area contributed by atoms with Crippen LogP contribution in [0, 0.1) is 0 Å². The number of hydrogen-bond acceptors (Lipinski definition) is 2. The average molecular weight is 187 g/mol. The fraction of sp³-hybridized carbons (Fsp3) is 0.625. The summed E-state index contributed by atoms with van der Waals surface area (Å²) in [6.45, 7) is 1.98. The van der Waals surface area contributed by atoms with Crippen molar-refractivity contribution in [2.24, 2.45) is 16.5 Å². The lowest BCUT2D eigenvalue weighted by Crippen LogP contribution is -2.27. The number of rotatable bonds is 2. The molecule has 0 fully saturated rings. The molecule has 0 saturated carbocycles. The second kappa shape index (κ2) is 4.11. The zero-order valence-electron chi connectivity index (χ0n) is 7.53. The number of ether oxygens (including phenoxy) is 1. The standard InChI is InChI=1S/C8H14FN3O/c1-5-7(9)3-2-6(13-5)4-12-8(10)11/h2,5,7H,3-4H2,1H3,(H4,10,11,12)/t5-,7-/m1/s1. The first-order valence-electron chi connectivity index (χ1n) is 4.14. The van der Waals surface area contributed by atoms with Gasteiger partial charge in [-0.05, 0) is 13.0 Å². The highest BCUT2D eigenvalue weighted by Crippen LogP contribution is 2.19. The van der Waals surface area contributed by atoms with Crippen LogP contribution in [-0.4, -0.2) is 24.8 Å². The van der Waals surface area contributed by atoms with Crippen molar-refractivity contribution in [1.29, 1.82) is 0 Å². The van der Waals surface area contributed by atoms with Gasteiger partial charge in [-0.25, -0.2) is 9.38 Å². The van der Waals surface area contributed by atoms with Gasteiger partial charge in [-0.3, -0.25) is 0 Å². The van der Waals surface area contributed by atoms with Crippen molar-refractivity contribution < 1.29 is 9.13 Å². The number of allylic oxidation sites excluding steroid dienone is 1. The molecule has 1 aliphatic rings. The summed E-state index contributed by atoms with van der Waals surface area (Å²) in [6, 6.07) is 0. The zero-order valence-corrected chi connectivity index (χ0v) is 7.53. The minimum Gasteiger partial charge on any atom is -0.490 e. The van der Waals surface area contributed by atoms with E-state index < -0.39 is 12.3 Å². The van der Waals surface area contributed by atoms with Gasteiger partial charge >= 0.3 is 0 Å². The van der Waals surface area contributed by atoms with Gasteiger partial charge in [0.2, 0.25) is 0 Å². The maximum absolute atomic E-state index is 12.9. The van der Waals surface area contributed by atoms with E-state index in [1.54, 1.807) is 13.0 Å². The first kappa shape index (κ1) is 9.83. The van der Waals surface area contributed by atoms with E-state index in [0.29, 0.717) is 18.7 Å². The fourth-order valence-corrected chi connectivity index (χ4v) is 1.07. The Labute approximate surface area is 76.5 Å². The predicted octanol–water partition coefficient (Wildman–Crippen LogP) is 0.291. The highest BCUT2D eigenvalue weighted by atomic mass is 19.1. The number of halogens is 1. The number of aliphatic imine (C=N–C) groups is 1. The Balaban J connectivity index is 2.49. The highest BCUT2D eigenvalue weighted by Gasteiger charge is 2.22. The molecule has 0 aromatic heterocycles. The maximum atomic E-state index is 12.9. The summed E-state index contributed by atoms with van der Waals surface area (Å²) < 4.78 is 18.1. The number of guanidine groups is 1. The Bertz CT molecular complexity index is 236. The molecule has 0 bridgehead atoms. The predicted molar refractivity (Wildman–Crippen MR) is 48.8 cm³/mol. The van der Waals surface area contributed by atoms with E-state index in [-0.39, 0.29) is 5.96 Å². The van der Waals surface area contributed by atoms with Crippen LogP contribution in [-0.2, 0) is 4.74 Å². The second-order valence-corrected chi connectivity index (χ2v) is 2.99. The molecular formula is C8H14FN3O. The number of nitrogens with two attached hydrogens (primary N) is 2. The van der Waals surface area contributed by atoms with Crippen LogP contribution in [0.3, 0.4) is 0 Å². The summed E-state index contributed by atoms with van der Waals surface area (Å²) in [5.74, 6) is 0.648. The molecule has 0 amide bonds. The highest BCUT2D eigenvalue weighted by molar-refractivity contribution is 5.75. The lowest BCUT2D eigenvalue weighted by atomic mass is 10.1. The molecule has 0 radical (unpaired) electrons. The Morgan fingerprint density at radius 3 is 3.00 bits per heavy atom. The molecule has 0 saturated heterocycles. The minimum atomic E-state index is -0.928. The first-order valence-corrected chi connectivity index (χ1v) is 4.14. The van der Waals surface area contributed by atoms with Crippen LogP contribution in [0.4, 0.5) is 4.39 Å². The van der Waals surface area contributed by atoms with Gasteiger partial charge in [0, 0.05) is 6.42 Å². The minimum absolute atomic E-state index is 0.0134. The molecule has 0 unspecified atom stereocenters. The van der Waals surface area contributed by atoms with E-state index in [4.69, 9.17) is 16.2 Å². The van der Waals surface area contributed by atoms with E-state index in [2.05, 4.69) is 4.99 Å². The van der Waals surface area contributed by atoms with Gasteiger partial charge in [0.05, 0.1) is 6.54 Å². The van der Waals surface area contributed by atoms with Crippen molar-refractivity contribution in [3.63, 3.8) is 0 Å². The van der Waals surface area contributed by atoms with Crippen molar-refractivity contribution in [3.05, 3.63) is 11.8 Å². The Morgan fingerprint density at radius 2 is 2.46 bits per heavy atom. The molecule has 0 aromatic rings. The molecule has 0 aliphatic carbocycles. The number of hydrogen-bond donors (Lipinski definition) is 2. The van der Waals surface area contributed by atoms with Crippen molar-refractivity contribution in [2.75, 3.05) is 6.54 Å². The van der Waals surface area contributed by atoms with Crippen LogP contribution in [0.2, 0.25) is 0 Å². The van der Waals surface area contributed by atoms with Crippen LogP contribution in [0.5, 0.6) is 0 Å². The van der Waals surface area contributed by atoms with Crippen LogP contribution in [0.25, 0.3) is 0 Å². The van der Waals surface area contributed by atoms with Crippen LogP contribution in [0.1, 0.15) is 13.3 Å². The third kappa shape index (κ3) is 2.93. The monoisotopic (exact) mass is 187 g/mol. The topological polar surface area (TPSA) is 73.6 Å². The maximum Gasteiger partial charge on any atom is 0.186 e. The molecule has 13 heavy (non-hydrogen) atoms. The van der Waals surface area contributed by atoms with Crippen LogP contribution >= 0.6 is 0 Å². The molecule has 4 N–H and O–H groups in total. The molecule has 5 heteroatoms. The summed E-state index contributed by atoms with van der Waals surface area (Å²) in [6.07, 6.45) is 0.713. The van der Waals surface area contributed by atoms with Crippen LogP contribution < -0.4 is 11.5 Å². The van der Waals surface area contributed by atoms with Gasteiger partial charge in [-0.1, -0.05) is 0 Å². The largest absolute Gasteiger partial charge is 0.490 e. The second-order valence-electron chi connectivity index (χ2n) is 2.99. The summed E-state index contributed by atoms with van der Waals surface area (Å²) in [7, 11) is 0. The number of nitrogens with zero attached hydrogens (tertiary/aromatic N) is 1. The Hall–Kier alpha value is -1.26. The summed E-state index contributed by atoms with van der Waals surface area (Å²) in [5, 5.41) is 0. The van der Waals surface area contributed by atoms with Gasteiger partial charge in [0.25, 0.3) is 0 Å². The van der Waals surface area contributed by atoms with E-state index in [9.17, 15) is 4.39 Å². The van der Waals surface area contributed by atoms with Gasteiger partial charge < -0.3 is 16.2 Å². The third-order valence-electron chi connectivity index (χ3n) is 1.83. The number of alkyl halides is 1. The molecule has 1 heterocycles. The van der Waals surface area contributed by atoms with Gasteiger partial charge in [-0.2, -0.15) is 0 Å². The first-order chi connectivity index (χ1) is 6.09. The Kier molecular flexibility index (Phi) is 3.11. The molecule has 2 atom stereocenters. The molecule has 4 nitrogen and oxygen atoms in total. The van der Waals surface area contributed by atoms with E-state index in [1.165, 1.54) is 0 Å². The van der Waals surface area contributed by atoms with Crippen molar-refractivity contribution in [1.82, 2.24) is 0 Å². The van der Waals surface area contributed by atoms with E-state index in [0.717, 1.165) is 0 Å². The lowest BCUT2D eigenvalue weighted by molar-refractivity contribution is 0.0409. The van der Waals surface area contributed by atoms with Crippen molar-refractivity contribution in [3.8, 4) is 0 Å². The van der Waals surface area contributed by atoms with Crippen molar-refractivity contribution >= 4 is 5.96 Å². The van der Waals surface area contributed by atoms with Gasteiger partial charge in [-0.15, -0.1) is 0 Å². The van der Waals surface area contributed by atoms with E-state index >= 15 is 0 Å². The summed E-state index contributed by atoms with van der Waals surface area (Å²) in [4.78, 5) is 3.76. The summed E-state index contributed by atoms with van der Waals surface area (Å²) >= 11 is 0. The Morgan fingerprint density at radius 1 is 1.77 bits per heavy atom. The molecular weight excluding hydrogens is 173 g/mol. The SMILES string of the molecule is C[C@H]1OC(CN=C(N)N)=CC[C@H]1F. The molecule has 0 spiro atoms. The molecule has 74 valence electrons. The van der Waals surface area contributed by atoms with E-state index in [1.807, 2.05) is 0 Å². The fourth-order valence-electron chi connectivity index (χ4n) is 1.07. The third-order valence-corrected chi connectivity index (χ3v) is 1.83. The van der Waals surface area contributed by atoms with Crippen molar-refractivity contribution in [2.45, 2.75) is 25.6 Å². The molecule has 1 aliphatic heterocycles. The normalized spacial score (nSPS) is 27.4. The summed E-state index contributed by atoms with van der Waals surface area (Å²) in [5.41, 5.74) is 10.3. The van der Waals surface area contributed by atoms with Gasteiger partial charge in [0.1, 0.15) is 18.0 Å². The molecule has 1 rings (SSSR count). The van der Waals surface area contributed by atoms with Crippen LogP contribution in [0.15, 0.2) is 16.8 Å². The molecule has 0 aromatic carbocycles. The quantitative estimate of drug-likeness (QED) is 0.482. The average Bonchev–Trinajstić information content (AvgIpc) is 2.07. The van der Waals surface area contributed by atoms with Gasteiger partial charge in [0.15, 0.2) is 5.96 Å².